The Bertz CT molecular complexity index is 741. The van der Waals surface area contributed by atoms with E-state index in [-0.39, 0.29) is 36.5 Å². The zero-order valence-electron chi connectivity index (χ0n) is 12.9. The third kappa shape index (κ3) is 6.53. The van der Waals surface area contributed by atoms with Gasteiger partial charge < -0.3 is 16.4 Å². The van der Waals surface area contributed by atoms with Crippen LogP contribution in [0.3, 0.4) is 0 Å². The summed E-state index contributed by atoms with van der Waals surface area (Å²) in [5.74, 6) is -5.08. The van der Waals surface area contributed by atoms with Crippen LogP contribution in [0.15, 0.2) is 34.6 Å². The summed E-state index contributed by atoms with van der Waals surface area (Å²) in [5, 5.41) is 6.91. The molecule has 25 heavy (non-hydrogen) atoms. The molecule has 10 heteroatoms. The molecule has 1 heterocycles. The summed E-state index contributed by atoms with van der Waals surface area (Å²) in [4.78, 5) is 16.6. The second kappa shape index (κ2) is 10.2. The van der Waals surface area contributed by atoms with E-state index in [0.29, 0.717) is 6.54 Å². The molecule has 0 saturated heterocycles. The number of carbonyl (C=O) groups excluding carboxylic acids is 1. The highest BCUT2D eigenvalue weighted by molar-refractivity contribution is 14.0. The van der Waals surface area contributed by atoms with Crippen LogP contribution in [-0.2, 0) is 11.2 Å². The molecular formula is C15H16F3IN4OS. The van der Waals surface area contributed by atoms with E-state index >= 15 is 0 Å². The van der Waals surface area contributed by atoms with Gasteiger partial charge in [-0.15, -0.1) is 35.3 Å². The van der Waals surface area contributed by atoms with E-state index in [1.165, 1.54) is 4.88 Å². The van der Waals surface area contributed by atoms with Crippen molar-refractivity contribution in [3.8, 4) is 0 Å². The van der Waals surface area contributed by atoms with Gasteiger partial charge in [-0.1, -0.05) is 6.07 Å². The third-order valence-corrected chi connectivity index (χ3v) is 3.90. The number of anilines is 1. The smallest absolute Gasteiger partial charge is 0.246 e. The topological polar surface area (TPSA) is 79.5 Å². The number of benzene rings is 1. The standard InChI is InChI=1S/C15H15F3N4OS.HI/c16-10-3-4-11(14(18)13(10)17)22-12(23)8-21-15(19)20-6-5-9-2-1-7-24-9;/h1-4,7H,5-6,8H2,(H,22,23)(H3,19,20,21);1H. The molecule has 0 saturated carbocycles. The number of rotatable bonds is 6. The Labute approximate surface area is 163 Å². The fourth-order valence-electron chi connectivity index (χ4n) is 1.79. The first-order valence-corrected chi connectivity index (χ1v) is 7.85. The number of guanidine groups is 1. The summed E-state index contributed by atoms with van der Waals surface area (Å²) in [5.41, 5.74) is 5.15. The van der Waals surface area contributed by atoms with E-state index in [0.717, 1.165) is 18.6 Å². The van der Waals surface area contributed by atoms with Gasteiger partial charge in [0.1, 0.15) is 6.54 Å². The van der Waals surface area contributed by atoms with Crippen LogP contribution in [-0.4, -0.2) is 25.0 Å². The van der Waals surface area contributed by atoms with Crippen LogP contribution in [0.4, 0.5) is 18.9 Å². The Morgan fingerprint density at radius 3 is 2.64 bits per heavy atom. The number of thiophene rings is 1. The number of amides is 1. The van der Waals surface area contributed by atoms with E-state index in [4.69, 9.17) is 5.73 Å². The van der Waals surface area contributed by atoms with Crippen molar-refractivity contribution < 1.29 is 18.0 Å². The lowest BCUT2D eigenvalue weighted by atomic mass is 10.3. The summed E-state index contributed by atoms with van der Waals surface area (Å²) < 4.78 is 39.3. The highest BCUT2D eigenvalue weighted by Gasteiger charge is 2.14. The maximum Gasteiger partial charge on any atom is 0.246 e. The molecule has 0 bridgehead atoms. The van der Waals surface area contributed by atoms with Gasteiger partial charge in [-0.2, -0.15) is 0 Å². The molecule has 1 aromatic carbocycles. The number of halogens is 4. The molecule has 2 rings (SSSR count). The third-order valence-electron chi connectivity index (χ3n) is 2.96. The zero-order chi connectivity index (χ0) is 17.5. The van der Waals surface area contributed by atoms with Gasteiger partial charge in [0.05, 0.1) is 5.69 Å². The Morgan fingerprint density at radius 1 is 1.20 bits per heavy atom. The normalized spacial score (nSPS) is 10.9. The minimum atomic E-state index is -1.65. The number of nitrogens with one attached hydrogen (secondary N) is 2. The summed E-state index contributed by atoms with van der Waals surface area (Å²) in [6, 6.07) is 5.58. The predicted octanol–water partition coefficient (Wildman–Crippen LogP) is 2.87. The van der Waals surface area contributed by atoms with Crippen LogP contribution in [0.1, 0.15) is 4.88 Å². The molecule has 1 aromatic heterocycles. The van der Waals surface area contributed by atoms with Crippen LogP contribution in [0.2, 0.25) is 0 Å². The molecule has 0 aliphatic heterocycles. The summed E-state index contributed by atoms with van der Waals surface area (Å²) >= 11 is 1.62. The molecule has 2 aromatic rings. The van der Waals surface area contributed by atoms with E-state index < -0.39 is 29.0 Å². The van der Waals surface area contributed by atoms with Gasteiger partial charge in [0.25, 0.3) is 0 Å². The lowest BCUT2D eigenvalue weighted by Gasteiger charge is -2.07. The minimum Gasteiger partial charge on any atom is -0.370 e. The SMILES string of the molecule is I.NC(=NCC(=O)Nc1ccc(F)c(F)c1F)NCCc1cccs1. The fraction of sp³-hybridized carbons (Fsp3) is 0.200. The van der Waals surface area contributed by atoms with Crippen molar-refractivity contribution in [2.24, 2.45) is 10.7 Å². The molecule has 0 radical (unpaired) electrons. The number of aliphatic imine (C=N–C) groups is 1. The molecule has 0 atom stereocenters. The molecule has 0 aliphatic carbocycles. The molecule has 5 nitrogen and oxygen atoms in total. The lowest BCUT2D eigenvalue weighted by Crippen LogP contribution is -2.34. The predicted molar refractivity (Wildman–Crippen MR) is 103 cm³/mol. The van der Waals surface area contributed by atoms with Gasteiger partial charge in [-0.3, -0.25) is 4.79 Å². The van der Waals surface area contributed by atoms with E-state index in [2.05, 4.69) is 15.6 Å². The number of nitrogens with two attached hydrogens (primary N) is 1. The second-order valence-corrected chi connectivity index (χ2v) is 5.76. The summed E-state index contributed by atoms with van der Waals surface area (Å²) in [6.07, 6.45) is 0.764. The van der Waals surface area contributed by atoms with Crippen LogP contribution in [0.25, 0.3) is 0 Å². The van der Waals surface area contributed by atoms with Crippen molar-refractivity contribution in [1.29, 1.82) is 0 Å². The molecule has 0 fully saturated rings. The van der Waals surface area contributed by atoms with E-state index in [9.17, 15) is 18.0 Å². The van der Waals surface area contributed by atoms with Gasteiger partial charge in [0.2, 0.25) is 5.91 Å². The quantitative estimate of drug-likeness (QED) is 0.256. The maximum atomic E-state index is 13.4. The van der Waals surface area contributed by atoms with Gasteiger partial charge >= 0.3 is 0 Å². The van der Waals surface area contributed by atoms with Crippen LogP contribution >= 0.6 is 35.3 Å². The van der Waals surface area contributed by atoms with Crippen molar-refractivity contribution >= 4 is 52.9 Å². The summed E-state index contributed by atoms with van der Waals surface area (Å²) in [6.45, 7) is 0.172. The van der Waals surface area contributed by atoms with Crippen molar-refractivity contribution in [2.45, 2.75) is 6.42 Å². The van der Waals surface area contributed by atoms with E-state index in [1.807, 2.05) is 17.5 Å². The molecule has 0 spiro atoms. The van der Waals surface area contributed by atoms with E-state index in [1.54, 1.807) is 11.3 Å². The number of hydrogen-bond acceptors (Lipinski definition) is 3. The molecule has 0 aliphatic rings. The van der Waals surface area contributed by atoms with Gasteiger partial charge in [0, 0.05) is 11.4 Å². The van der Waals surface area contributed by atoms with Crippen molar-refractivity contribution in [1.82, 2.24) is 5.32 Å². The van der Waals surface area contributed by atoms with Gasteiger partial charge in [-0.05, 0) is 30.0 Å². The highest BCUT2D eigenvalue weighted by Crippen LogP contribution is 2.19. The van der Waals surface area contributed by atoms with Crippen LogP contribution in [0, 0.1) is 17.5 Å². The first-order chi connectivity index (χ1) is 11.5. The largest absolute Gasteiger partial charge is 0.370 e. The number of carbonyl (C=O) groups is 1. The monoisotopic (exact) mass is 484 g/mol. The average Bonchev–Trinajstić information content (AvgIpc) is 3.07. The van der Waals surface area contributed by atoms with Crippen LogP contribution < -0.4 is 16.4 Å². The Kier molecular flexibility index (Phi) is 8.69. The first kappa shape index (κ1) is 21.2. The van der Waals surface area contributed by atoms with Crippen molar-refractivity contribution in [3.05, 3.63) is 52.0 Å². The molecule has 4 N–H and O–H groups in total. The Hall–Kier alpha value is -1.82. The van der Waals surface area contributed by atoms with Gasteiger partial charge in [0.15, 0.2) is 23.4 Å². The highest BCUT2D eigenvalue weighted by atomic mass is 127. The average molecular weight is 484 g/mol. The van der Waals surface area contributed by atoms with Crippen molar-refractivity contribution in [3.63, 3.8) is 0 Å². The second-order valence-electron chi connectivity index (χ2n) is 4.73. The summed E-state index contributed by atoms with van der Waals surface area (Å²) in [7, 11) is 0. The van der Waals surface area contributed by atoms with Crippen molar-refractivity contribution in [2.75, 3.05) is 18.4 Å². The Morgan fingerprint density at radius 2 is 1.96 bits per heavy atom. The minimum absolute atomic E-state index is 0. The molecular weight excluding hydrogens is 468 g/mol. The number of nitrogens with zero attached hydrogens (tertiary/aromatic N) is 1. The molecule has 136 valence electrons. The molecule has 0 unspecified atom stereocenters. The Balaban J connectivity index is 0.00000312. The van der Waals surface area contributed by atoms with Gasteiger partial charge in [-0.25, -0.2) is 18.2 Å². The lowest BCUT2D eigenvalue weighted by molar-refractivity contribution is -0.114. The molecule has 1 amide bonds. The maximum absolute atomic E-state index is 13.4. The zero-order valence-corrected chi connectivity index (χ0v) is 16.0. The first-order valence-electron chi connectivity index (χ1n) is 6.97. The fourth-order valence-corrected chi connectivity index (χ4v) is 2.50. The van der Waals surface area contributed by atoms with Crippen LogP contribution in [0.5, 0.6) is 0 Å². The number of hydrogen-bond donors (Lipinski definition) is 3.